The number of para-hydroxylation sites is 1. The molecule has 5 rings (SSSR count). The first-order chi connectivity index (χ1) is 20.6. The minimum Gasteiger partial charge on any atom is -0.370 e. The summed E-state index contributed by atoms with van der Waals surface area (Å²) in [6.07, 6.45) is 1.13. The number of carbonyl (C=O) groups is 2. The van der Waals surface area contributed by atoms with Crippen LogP contribution < -0.4 is 25.3 Å². The average Bonchev–Trinajstić information content (AvgIpc) is 3.26. The number of carbonyl (C=O) groups excluding carboxylic acids is 2. The normalized spacial score (nSPS) is 16.7. The van der Waals surface area contributed by atoms with E-state index in [0.29, 0.717) is 35.7 Å². The largest absolute Gasteiger partial charge is 0.370 e. The maximum absolute atomic E-state index is 14.4. The molecule has 4 aromatic rings. The molecule has 4 aromatic carbocycles. The third-order valence-corrected chi connectivity index (χ3v) is 7.90. The Morgan fingerprint density at radius 1 is 0.930 bits per heavy atom. The fraction of sp³-hybridized carbons (Fsp3) is 0.219. The molecule has 0 bridgehead atoms. The molecule has 1 unspecified atom stereocenters. The number of hydrazone groups is 1. The molecule has 11 heteroatoms. The van der Waals surface area contributed by atoms with Crippen LogP contribution >= 0.6 is 0 Å². The maximum Gasteiger partial charge on any atom is 0.300 e. The Hall–Kier alpha value is -4.74. The highest BCUT2D eigenvalue weighted by atomic mass is 32.2. The van der Waals surface area contributed by atoms with E-state index in [-0.39, 0.29) is 6.54 Å². The van der Waals surface area contributed by atoms with Crippen molar-refractivity contribution in [3.63, 3.8) is 0 Å². The number of nitrogens with one attached hydrogen (secondary N) is 3. The molecule has 1 aliphatic heterocycles. The minimum absolute atomic E-state index is 0.271. The van der Waals surface area contributed by atoms with E-state index in [9.17, 15) is 18.0 Å². The molecule has 0 aliphatic carbocycles. The standard InChI is InChI=1S/C32H34N6O4S/c1-4-37(22-21-33-43(3,41)42)26-19-17-25(18-20-26)35-32(34-23(2)39)30(29-16-10-12-24-11-8-9-15-28(24)29)36-38(31(32)40)27-13-6-5-7-14-27/h5-20,33,35H,4,21-22H2,1-3H3,(H,34,39). The molecule has 1 heterocycles. The van der Waals surface area contributed by atoms with Gasteiger partial charge in [0.05, 0.1) is 11.9 Å². The molecule has 0 saturated heterocycles. The molecule has 222 valence electrons. The van der Waals surface area contributed by atoms with Crippen LogP contribution in [0.5, 0.6) is 0 Å². The Morgan fingerprint density at radius 2 is 1.60 bits per heavy atom. The number of amides is 2. The van der Waals surface area contributed by atoms with Gasteiger partial charge in [-0.1, -0.05) is 60.7 Å². The first kappa shape index (κ1) is 29.7. The van der Waals surface area contributed by atoms with Gasteiger partial charge in [-0.05, 0) is 54.1 Å². The number of sulfonamides is 1. The quantitative estimate of drug-likeness (QED) is 0.225. The number of benzene rings is 4. The van der Waals surface area contributed by atoms with Gasteiger partial charge in [0.2, 0.25) is 21.6 Å². The zero-order chi connectivity index (χ0) is 30.6. The molecule has 1 atom stereocenters. The molecule has 0 fully saturated rings. The molecular weight excluding hydrogens is 564 g/mol. The number of nitrogens with zero attached hydrogens (tertiary/aromatic N) is 3. The first-order valence-corrected chi connectivity index (χ1v) is 15.8. The van der Waals surface area contributed by atoms with Crippen molar-refractivity contribution in [1.82, 2.24) is 10.0 Å². The summed E-state index contributed by atoms with van der Waals surface area (Å²) in [4.78, 5) is 29.2. The zero-order valence-electron chi connectivity index (χ0n) is 24.2. The second kappa shape index (κ2) is 12.2. The van der Waals surface area contributed by atoms with E-state index >= 15 is 0 Å². The monoisotopic (exact) mass is 598 g/mol. The molecule has 3 N–H and O–H groups in total. The summed E-state index contributed by atoms with van der Waals surface area (Å²) in [6.45, 7) is 4.77. The Bertz CT molecular complexity index is 1770. The molecule has 43 heavy (non-hydrogen) atoms. The van der Waals surface area contributed by atoms with Crippen LogP contribution in [0.15, 0.2) is 102 Å². The molecule has 0 spiro atoms. The number of anilines is 3. The predicted octanol–water partition coefficient (Wildman–Crippen LogP) is 3.91. The van der Waals surface area contributed by atoms with Crippen molar-refractivity contribution in [1.29, 1.82) is 0 Å². The van der Waals surface area contributed by atoms with Gasteiger partial charge in [0.1, 0.15) is 5.71 Å². The Labute approximate surface area is 251 Å². The van der Waals surface area contributed by atoms with Crippen molar-refractivity contribution >= 4 is 55.4 Å². The van der Waals surface area contributed by atoms with Crippen molar-refractivity contribution in [3.8, 4) is 0 Å². The Kier molecular flexibility index (Phi) is 8.47. The second-order valence-electron chi connectivity index (χ2n) is 10.3. The molecule has 10 nitrogen and oxygen atoms in total. The summed E-state index contributed by atoms with van der Waals surface area (Å²) in [5, 5.41) is 14.3. The van der Waals surface area contributed by atoms with Crippen molar-refractivity contribution < 1.29 is 18.0 Å². The van der Waals surface area contributed by atoms with Gasteiger partial charge < -0.3 is 15.5 Å². The topological polar surface area (TPSA) is 123 Å². The third-order valence-electron chi connectivity index (χ3n) is 7.17. The highest BCUT2D eigenvalue weighted by Gasteiger charge is 2.53. The summed E-state index contributed by atoms with van der Waals surface area (Å²) < 4.78 is 25.5. The van der Waals surface area contributed by atoms with Gasteiger partial charge in [0.25, 0.3) is 0 Å². The maximum atomic E-state index is 14.4. The van der Waals surface area contributed by atoms with Gasteiger partial charge >= 0.3 is 5.91 Å². The lowest BCUT2D eigenvalue weighted by Crippen LogP contribution is -2.64. The van der Waals surface area contributed by atoms with Crippen molar-refractivity contribution in [2.24, 2.45) is 5.10 Å². The summed E-state index contributed by atoms with van der Waals surface area (Å²) >= 11 is 0. The van der Waals surface area contributed by atoms with Crippen LogP contribution in [-0.4, -0.2) is 57.5 Å². The average molecular weight is 599 g/mol. The molecule has 0 aromatic heterocycles. The van der Waals surface area contributed by atoms with Gasteiger partial charge in [-0.3, -0.25) is 9.59 Å². The number of hydrogen-bond donors (Lipinski definition) is 3. The fourth-order valence-corrected chi connectivity index (χ4v) is 5.70. The van der Waals surface area contributed by atoms with Crippen molar-refractivity contribution in [2.75, 3.05) is 41.1 Å². The smallest absolute Gasteiger partial charge is 0.300 e. The van der Waals surface area contributed by atoms with Crippen molar-refractivity contribution in [2.45, 2.75) is 19.5 Å². The van der Waals surface area contributed by atoms with E-state index in [1.807, 2.05) is 96.8 Å². The van der Waals surface area contributed by atoms with Gasteiger partial charge in [-0.2, -0.15) is 10.1 Å². The van der Waals surface area contributed by atoms with Crippen LogP contribution in [0.25, 0.3) is 10.8 Å². The lowest BCUT2D eigenvalue weighted by atomic mass is 9.92. The van der Waals surface area contributed by atoms with E-state index < -0.39 is 27.5 Å². The van der Waals surface area contributed by atoms with Gasteiger partial charge in [0, 0.05) is 43.5 Å². The summed E-state index contributed by atoms with van der Waals surface area (Å²) in [6, 6.07) is 30.1. The summed E-state index contributed by atoms with van der Waals surface area (Å²) in [5.41, 5.74) is 1.38. The van der Waals surface area contributed by atoms with Crippen LogP contribution in [0.2, 0.25) is 0 Å². The van der Waals surface area contributed by atoms with Crippen LogP contribution in [0.1, 0.15) is 19.4 Å². The number of likely N-dealkylation sites (N-methyl/N-ethyl adjacent to an activating group) is 1. The van der Waals surface area contributed by atoms with Gasteiger partial charge in [-0.15, -0.1) is 0 Å². The molecule has 2 amide bonds. The molecular formula is C32H34N6O4S. The highest BCUT2D eigenvalue weighted by Crippen LogP contribution is 2.34. The SMILES string of the molecule is CCN(CCNS(C)(=O)=O)c1ccc(NC2(NC(C)=O)C(=O)N(c3ccccc3)N=C2c2cccc3ccccc23)cc1. The molecule has 0 radical (unpaired) electrons. The first-order valence-electron chi connectivity index (χ1n) is 13.9. The van der Waals surface area contributed by atoms with E-state index in [1.54, 1.807) is 12.1 Å². The predicted molar refractivity (Wildman–Crippen MR) is 172 cm³/mol. The number of hydrogen-bond acceptors (Lipinski definition) is 7. The summed E-state index contributed by atoms with van der Waals surface area (Å²) in [7, 11) is -3.29. The van der Waals surface area contributed by atoms with E-state index in [2.05, 4.69) is 15.4 Å². The molecule has 1 aliphatic rings. The van der Waals surface area contributed by atoms with Crippen LogP contribution in [0.4, 0.5) is 17.1 Å². The Morgan fingerprint density at radius 3 is 2.28 bits per heavy atom. The zero-order valence-corrected chi connectivity index (χ0v) is 25.1. The number of rotatable bonds is 11. The fourth-order valence-electron chi connectivity index (χ4n) is 5.24. The van der Waals surface area contributed by atoms with E-state index in [1.165, 1.54) is 11.9 Å². The van der Waals surface area contributed by atoms with Gasteiger partial charge in [0.15, 0.2) is 0 Å². The van der Waals surface area contributed by atoms with E-state index in [4.69, 9.17) is 5.10 Å². The van der Waals surface area contributed by atoms with E-state index in [0.717, 1.165) is 22.7 Å². The second-order valence-corrected chi connectivity index (χ2v) is 12.1. The highest BCUT2D eigenvalue weighted by molar-refractivity contribution is 7.88. The van der Waals surface area contributed by atoms with Crippen LogP contribution in [0.3, 0.4) is 0 Å². The van der Waals surface area contributed by atoms with Crippen LogP contribution in [0, 0.1) is 0 Å². The lowest BCUT2D eigenvalue weighted by molar-refractivity contribution is -0.127. The lowest BCUT2D eigenvalue weighted by Gasteiger charge is -2.32. The molecule has 0 saturated carbocycles. The summed E-state index contributed by atoms with van der Waals surface area (Å²) in [5.74, 6) is -0.862. The number of fused-ring (bicyclic) bond motifs is 1. The van der Waals surface area contributed by atoms with Gasteiger partial charge in [-0.25, -0.2) is 13.1 Å². The van der Waals surface area contributed by atoms with Crippen molar-refractivity contribution in [3.05, 3.63) is 103 Å². The minimum atomic E-state index is -3.29. The Balaban J connectivity index is 1.56. The van der Waals surface area contributed by atoms with Crippen LogP contribution in [-0.2, 0) is 19.6 Å². The third kappa shape index (κ3) is 6.37.